The normalized spacial score (nSPS) is 11.6. The predicted octanol–water partition coefficient (Wildman–Crippen LogP) is 6.32. The van der Waals surface area contributed by atoms with Crippen LogP contribution in [0.1, 0.15) is 27.5 Å². The molecule has 0 amide bonds. The monoisotopic (exact) mass is 377 g/mol. The molecule has 0 aliphatic rings. The minimum Gasteiger partial charge on any atom is -0.353 e. The number of carbonyl (C=O) groups excluding carboxylic acids is 1. The van der Waals surface area contributed by atoms with E-state index in [9.17, 15) is 4.79 Å². The van der Waals surface area contributed by atoms with Crippen molar-refractivity contribution >= 4 is 11.5 Å². The number of nitrogens with zero attached hydrogens (tertiary/aromatic N) is 1. The Bertz CT molecular complexity index is 1030. The summed E-state index contributed by atoms with van der Waals surface area (Å²) in [5.74, 6) is 0.0941. The fraction of sp³-hybridized carbons (Fsp3) is 0.0741. The van der Waals surface area contributed by atoms with Crippen molar-refractivity contribution in [2.24, 2.45) is 0 Å². The van der Waals surface area contributed by atoms with Crippen molar-refractivity contribution in [1.82, 2.24) is 0 Å². The molecule has 0 saturated carbocycles. The van der Waals surface area contributed by atoms with E-state index in [-0.39, 0.29) is 5.78 Å². The van der Waals surface area contributed by atoms with E-state index in [0.29, 0.717) is 6.54 Å². The average Bonchev–Trinajstić information content (AvgIpc) is 2.81. The third-order valence-corrected chi connectivity index (χ3v) is 5.02. The molecule has 0 heterocycles. The summed E-state index contributed by atoms with van der Waals surface area (Å²) in [6.45, 7) is 0.642. The van der Waals surface area contributed by atoms with E-state index in [4.69, 9.17) is 0 Å². The van der Waals surface area contributed by atoms with Gasteiger partial charge in [0.2, 0.25) is 0 Å². The van der Waals surface area contributed by atoms with Crippen molar-refractivity contribution in [3.05, 3.63) is 138 Å². The fourth-order valence-electron chi connectivity index (χ4n) is 3.60. The highest BCUT2D eigenvalue weighted by Crippen LogP contribution is 2.32. The zero-order chi connectivity index (χ0) is 19.9. The van der Waals surface area contributed by atoms with E-state index in [1.165, 1.54) is 0 Å². The molecule has 0 N–H and O–H groups in total. The van der Waals surface area contributed by atoms with Gasteiger partial charge in [0.25, 0.3) is 0 Å². The van der Waals surface area contributed by atoms with E-state index in [1.807, 2.05) is 97.1 Å². The maximum atomic E-state index is 13.7. The molecule has 1 atom stereocenters. The minimum atomic E-state index is -0.416. The van der Waals surface area contributed by atoms with Gasteiger partial charge in [0.05, 0.1) is 0 Å². The number of rotatable bonds is 7. The van der Waals surface area contributed by atoms with Crippen molar-refractivity contribution in [2.45, 2.75) is 12.6 Å². The fourth-order valence-corrected chi connectivity index (χ4v) is 3.60. The van der Waals surface area contributed by atoms with Crippen LogP contribution in [0.25, 0.3) is 0 Å². The SMILES string of the molecule is O=C(c1ccccc1)C(c1ccccc1)N(Cc1ccccc1)c1ccccc1. The molecule has 4 rings (SSSR count). The summed E-state index contributed by atoms with van der Waals surface area (Å²) >= 11 is 0. The van der Waals surface area contributed by atoms with Gasteiger partial charge in [0, 0.05) is 17.8 Å². The Hall–Kier alpha value is -3.65. The van der Waals surface area contributed by atoms with Gasteiger partial charge in [0.1, 0.15) is 6.04 Å². The third kappa shape index (κ3) is 4.44. The molecule has 4 aromatic carbocycles. The quantitative estimate of drug-likeness (QED) is 0.351. The lowest BCUT2D eigenvalue weighted by atomic mass is 9.94. The van der Waals surface area contributed by atoms with Crippen LogP contribution in [0.15, 0.2) is 121 Å². The minimum absolute atomic E-state index is 0.0941. The number of para-hydroxylation sites is 1. The van der Waals surface area contributed by atoms with E-state index in [1.54, 1.807) is 0 Å². The van der Waals surface area contributed by atoms with Gasteiger partial charge < -0.3 is 4.90 Å². The van der Waals surface area contributed by atoms with Crippen molar-refractivity contribution < 1.29 is 4.79 Å². The van der Waals surface area contributed by atoms with Crippen LogP contribution >= 0.6 is 0 Å². The van der Waals surface area contributed by atoms with Crippen LogP contribution in [-0.4, -0.2) is 5.78 Å². The molecule has 0 spiro atoms. The molecule has 0 fully saturated rings. The standard InChI is InChI=1S/C27H23NO/c29-27(24-17-9-3-10-18-24)26(23-15-7-2-8-16-23)28(25-19-11-4-12-20-25)21-22-13-5-1-6-14-22/h1-20,26H,21H2. The first-order chi connectivity index (χ1) is 14.3. The van der Waals surface area contributed by atoms with Gasteiger partial charge in [-0.1, -0.05) is 109 Å². The molecule has 29 heavy (non-hydrogen) atoms. The van der Waals surface area contributed by atoms with Crippen LogP contribution < -0.4 is 4.90 Å². The van der Waals surface area contributed by atoms with Gasteiger partial charge in [-0.2, -0.15) is 0 Å². The van der Waals surface area contributed by atoms with Gasteiger partial charge in [0.15, 0.2) is 5.78 Å². The highest BCUT2D eigenvalue weighted by Gasteiger charge is 2.29. The smallest absolute Gasteiger partial charge is 0.189 e. The Kier molecular flexibility index (Phi) is 5.82. The second-order valence-electron chi connectivity index (χ2n) is 6.99. The molecule has 0 aliphatic carbocycles. The van der Waals surface area contributed by atoms with E-state index >= 15 is 0 Å². The lowest BCUT2D eigenvalue weighted by Gasteiger charge is -2.33. The van der Waals surface area contributed by atoms with Gasteiger partial charge in [-0.05, 0) is 23.3 Å². The van der Waals surface area contributed by atoms with Gasteiger partial charge in [-0.15, -0.1) is 0 Å². The number of benzene rings is 4. The number of hydrogen-bond acceptors (Lipinski definition) is 2. The average molecular weight is 377 g/mol. The van der Waals surface area contributed by atoms with Gasteiger partial charge >= 0.3 is 0 Å². The molecule has 142 valence electrons. The summed E-state index contributed by atoms with van der Waals surface area (Å²) in [7, 11) is 0. The van der Waals surface area contributed by atoms with E-state index in [2.05, 4.69) is 29.2 Å². The summed E-state index contributed by atoms with van der Waals surface area (Å²) in [6.07, 6.45) is 0. The van der Waals surface area contributed by atoms with Crippen LogP contribution in [-0.2, 0) is 6.54 Å². The number of anilines is 1. The van der Waals surface area contributed by atoms with Crippen LogP contribution in [0.2, 0.25) is 0 Å². The molecule has 4 aromatic rings. The molecule has 0 bridgehead atoms. The zero-order valence-corrected chi connectivity index (χ0v) is 16.2. The van der Waals surface area contributed by atoms with Crippen molar-refractivity contribution in [1.29, 1.82) is 0 Å². The summed E-state index contributed by atoms with van der Waals surface area (Å²) in [6, 6.07) is 39.6. The first kappa shape index (κ1) is 18.7. The Morgan fingerprint density at radius 2 is 1.10 bits per heavy atom. The highest BCUT2D eigenvalue weighted by molar-refractivity contribution is 6.02. The van der Waals surface area contributed by atoms with Gasteiger partial charge in [-0.25, -0.2) is 0 Å². The van der Waals surface area contributed by atoms with Crippen LogP contribution in [0.5, 0.6) is 0 Å². The van der Waals surface area contributed by atoms with Crippen LogP contribution in [0.4, 0.5) is 5.69 Å². The maximum Gasteiger partial charge on any atom is 0.189 e. The number of hydrogen-bond donors (Lipinski definition) is 0. The molecular weight excluding hydrogens is 354 g/mol. The number of Topliss-reactive ketones (excluding diaryl/α,β-unsaturated/α-hetero) is 1. The molecule has 2 nitrogen and oxygen atoms in total. The van der Waals surface area contributed by atoms with Crippen LogP contribution in [0.3, 0.4) is 0 Å². The van der Waals surface area contributed by atoms with Crippen molar-refractivity contribution in [3.8, 4) is 0 Å². The Labute approximate surface area is 172 Å². The van der Waals surface area contributed by atoms with Crippen molar-refractivity contribution in [3.63, 3.8) is 0 Å². The Morgan fingerprint density at radius 3 is 1.69 bits per heavy atom. The lowest BCUT2D eigenvalue weighted by Crippen LogP contribution is -2.34. The first-order valence-corrected chi connectivity index (χ1v) is 9.83. The zero-order valence-electron chi connectivity index (χ0n) is 16.2. The van der Waals surface area contributed by atoms with E-state index in [0.717, 1.165) is 22.4 Å². The predicted molar refractivity (Wildman–Crippen MR) is 119 cm³/mol. The second kappa shape index (κ2) is 9.03. The molecule has 1 unspecified atom stereocenters. The number of carbonyl (C=O) groups is 1. The van der Waals surface area contributed by atoms with Gasteiger partial charge in [-0.3, -0.25) is 4.79 Å². The number of ketones is 1. The second-order valence-corrected chi connectivity index (χ2v) is 6.99. The summed E-state index contributed by atoms with van der Waals surface area (Å²) < 4.78 is 0. The van der Waals surface area contributed by atoms with Crippen molar-refractivity contribution in [2.75, 3.05) is 4.90 Å². The summed E-state index contributed by atoms with van der Waals surface area (Å²) in [5.41, 5.74) is 3.89. The molecule has 0 aromatic heterocycles. The Balaban J connectivity index is 1.82. The topological polar surface area (TPSA) is 20.3 Å². The summed E-state index contributed by atoms with van der Waals surface area (Å²) in [5, 5.41) is 0. The highest BCUT2D eigenvalue weighted by atomic mass is 16.1. The van der Waals surface area contributed by atoms with Crippen LogP contribution in [0, 0.1) is 0 Å². The summed E-state index contributed by atoms with van der Waals surface area (Å²) in [4.78, 5) is 15.9. The molecule has 0 saturated heterocycles. The van der Waals surface area contributed by atoms with E-state index < -0.39 is 6.04 Å². The molecule has 0 radical (unpaired) electrons. The molecule has 2 heteroatoms. The molecular formula is C27H23NO. The first-order valence-electron chi connectivity index (χ1n) is 9.83. The third-order valence-electron chi connectivity index (χ3n) is 5.02. The maximum absolute atomic E-state index is 13.7. The largest absolute Gasteiger partial charge is 0.353 e. The molecule has 0 aliphatic heterocycles. The lowest BCUT2D eigenvalue weighted by molar-refractivity contribution is 0.0956. The Morgan fingerprint density at radius 1 is 0.621 bits per heavy atom.